The molecule has 6 heteroatoms. The number of hydrogen-bond donors (Lipinski definition) is 1. The van der Waals surface area contributed by atoms with Gasteiger partial charge in [-0.3, -0.25) is 9.80 Å². The van der Waals surface area contributed by atoms with Gasteiger partial charge in [0.05, 0.1) is 6.04 Å². The zero-order chi connectivity index (χ0) is 23.2. The molecule has 0 spiro atoms. The highest BCUT2D eigenvalue weighted by atomic mass is 19.1. The van der Waals surface area contributed by atoms with Crippen LogP contribution in [0.5, 0.6) is 5.75 Å². The van der Waals surface area contributed by atoms with Gasteiger partial charge >= 0.3 is 0 Å². The van der Waals surface area contributed by atoms with Gasteiger partial charge in [-0.1, -0.05) is 31.2 Å². The zero-order valence-electron chi connectivity index (χ0n) is 19.7. The molecule has 0 amide bonds. The maximum atomic E-state index is 15.2. The van der Waals surface area contributed by atoms with Gasteiger partial charge in [0.15, 0.2) is 11.6 Å². The van der Waals surface area contributed by atoms with Crippen molar-refractivity contribution in [2.75, 3.05) is 32.7 Å². The summed E-state index contributed by atoms with van der Waals surface area (Å²) in [6.45, 7) is 9.10. The number of halogens is 2. The highest BCUT2D eigenvalue weighted by Crippen LogP contribution is 2.40. The molecule has 5 rings (SSSR count). The standard InChI is InChI=1S/C27H33F2N3O/c1-4-12-31-15-19(16-31)33-24-10-9-18(14-22(24)28)26-25-21(11-13-32(26)17-27(2,3)29)20-7-5-6-8-23(20)30-25/h5-10,14,19,26,30H,4,11-13,15-17H2,1-3H3/t26-/m1/s1. The number of aromatic nitrogens is 1. The van der Waals surface area contributed by atoms with Crippen molar-refractivity contribution in [2.24, 2.45) is 0 Å². The smallest absolute Gasteiger partial charge is 0.165 e. The summed E-state index contributed by atoms with van der Waals surface area (Å²) in [7, 11) is 0. The molecule has 1 atom stereocenters. The molecule has 0 unspecified atom stereocenters. The topological polar surface area (TPSA) is 31.5 Å². The van der Waals surface area contributed by atoms with Gasteiger partial charge in [-0.25, -0.2) is 8.78 Å². The number of ether oxygens (including phenoxy) is 1. The van der Waals surface area contributed by atoms with Crippen LogP contribution in [0.25, 0.3) is 10.9 Å². The molecule has 1 aromatic heterocycles. The minimum Gasteiger partial charge on any atom is -0.485 e. The number of nitrogens with zero attached hydrogens (tertiary/aromatic N) is 2. The third-order valence-electron chi connectivity index (χ3n) is 6.74. The lowest BCUT2D eigenvalue weighted by Gasteiger charge is -2.39. The lowest BCUT2D eigenvalue weighted by atomic mass is 9.91. The van der Waals surface area contributed by atoms with Gasteiger partial charge in [-0.15, -0.1) is 0 Å². The quantitative estimate of drug-likeness (QED) is 0.514. The summed E-state index contributed by atoms with van der Waals surface area (Å²) >= 11 is 0. The molecule has 2 aliphatic rings. The summed E-state index contributed by atoms with van der Waals surface area (Å²) in [5.41, 5.74) is 2.82. The van der Waals surface area contributed by atoms with Crippen LogP contribution in [-0.4, -0.2) is 59.3 Å². The number of fused-ring (bicyclic) bond motifs is 3. The van der Waals surface area contributed by atoms with Crippen LogP contribution in [-0.2, 0) is 6.42 Å². The fourth-order valence-corrected chi connectivity index (χ4v) is 5.38. The highest BCUT2D eigenvalue weighted by molar-refractivity contribution is 5.85. The van der Waals surface area contributed by atoms with E-state index in [4.69, 9.17) is 4.74 Å². The average molecular weight is 454 g/mol. The maximum Gasteiger partial charge on any atom is 0.165 e. The van der Waals surface area contributed by atoms with E-state index < -0.39 is 5.67 Å². The lowest BCUT2D eigenvalue weighted by molar-refractivity contribution is 0.0179. The third-order valence-corrected chi connectivity index (χ3v) is 6.74. The Balaban J connectivity index is 1.45. The van der Waals surface area contributed by atoms with Gasteiger partial charge in [-0.05, 0) is 62.6 Å². The molecule has 4 nitrogen and oxygen atoms in total. The Kier molecular flexibility index (Phi) is 5.91. The summed E-state index contributed by atoms with van der Waals surface area (Å²) in [6.07, 6.45) is 1.99. The van der Waals surface area contributed by atoms with E-state index in [1.165, 1.54) is 10.9 Å². The van der Waals surface area contributed by atoms with Gasteiger partial charge in [0.25, 0.3) is 0 Å². The van der Waals surface area contributed by atoms with Crippen LogP contribution in [0.15, 0.2) is 42.5 Å². The second-order valence-corrected chi connectivity index (χ2v) is 10.1. The fraction of sp³-hybridized carbons (Fsp3) is 0.481. The Hall–Kier alpha value is -2.44. The largest absolute Gasteiger partial charge is 0.485 e. The first kappa shape index (κ1) is 22.4. The van der Waals surface area contributed by atoms with E-state index in [2.05, 4.69) is 33.8 Å². The van der Waals surface area contributed by atoms with Crippen molar-refractivity contribution in [1.82, 2.24) is 14.8 Å². The van der Waals surface area contributed by atoms with Crippen LogP contribution < -0.4 is 4.74 Å². The van der Waals surface area contributed by atoms with Crippen LogP contribution in [0.3, 0.4) is 0 Å². The number of rotatable bonds is 7. The summed E-state index contributed by atoms with van der Waals surface area (Å²) in [5, 5.41) is 1.19. The van der Waals surface area contributed by atoms with Gasteiger partial charge in [0.2, 0.25) is 0 Å². The van der Waals surface area contributed by atoms with Crippen molar-refractivity contribution < 1.29 is 13.5 Å². The molecule has 2 aliphatic heterocycles. The van der Waals surface area contributed by atoms with E-state index in [1.54, 1.807) is 26.0 Å². The van der Waals surface area contributed by atoms with Crippen LogP contribution in [0.2, 0.25) is 0 Å². The van der Waals surface area contributed by atoms with Gasteiger partial charge in [0, 0.05) is 42.8 Å². The normalized spacial score (nSPS) is 20.1. The Morgan fingerprint density at radius 3 is 2.67 bits per heavy atom. The number of likely N-dealkylation sites (tertiary alicyclic amines) is 1. The van der Waals surface area contributed by atoms with E-state index >= 15 is 4.39 Å². The number of H-pyrrole nitrogens is 1. The molecule has 1 N–H and O–H groups in total. The summed E-state index contributed by atoms with van der Waals surface area (Å²) in [5.74, 6) is -0.0610. The average Bonchev–Trinajstić information content (AvgIpc) is 3.10. The molecule has 3 aromatic rings. The molecular weight excluding hydrogens is 420 g/mol. The first-order chi connectivity index (χ1) is 15.8. The molecule has 3 heterocycles. The van der Waals surface area contributed by atoms with Crippen LogP contribution in [0, 0.1) is 5.82 Å². The second-order valence-electron chi connectivity index (χ2n) is 10.1. The number of alkyl halides is 1. The summed E-state index contributed by atoms with van der Waals surface area (Å²) in [6, 6.07) is 13.2. The third kappa shape index (κ3) is 4.51. The number of benzene rings is 2. The molecule has 1 fully saturated rings. The van der Waals surface area contributed by atoms with Crippen molar-refractivity contribution in [2.45, 2.75) is 51.4 Å². The monoisotopic (exact) mass is 453 g/mol. The zero-order valence-corrected chi connectivity index (χ0v) is 19.7. The fourth-order valence-electron chi connectivity index (χ4n) is 5.38. The predicted octanol–water partition coefficient (Wildman–Crippen LogP) is 5.48. The van der Waals surface area contributed by atoms with Crippen LogP contribution in [0.1, 0.15) is 50.1 Å². The molecule has 0 radical (unpaired) electrons. The Bertz CT molecular complexity index is 1130. The number of hydrogen-bond acceptors (Lipinski definition) is 3. The van der Waals surface area contributed by atoms with E-state index in [9.17, 15) is 4.39 Å². The van der Waals surface area contributed by atoms with Crippen LogP contribution in [0.4, 0.5) is 8.78 Å². The summed E-state index contributed by atoms with van der Waals surface area (Å²) in [4.78, 5) is 8.00. The molecule has 176 valence electrons. The number of aromatic amines is 1. The van der Waals surface area contributed by atoms with Crippen molar-refractivity contribution in [3.63, 3.8) is 0 Å². The van der Waals surface area contributed by atoms with Gasteiger partial charge < -0.3 is 9.72 Å². The molecule has 2 aromatic carbocycles. The van der Waals surface area contributed by atoms with Crippen molar-refractivity contribution in [3.8, 4) is 5.75 Å². The molecule has 0 bridgehead atoms. The molecule has 1 saturated heterocycles. The van der Waals surface area contributed by atoms with Gasteiger partial charge in [-0.2, -0.15) is 0 Å². The number of nitrogens with one attached hydrogen (secondary N) is 1. The minimum atomic E-state index is -1.35. The Morgan fingerprint density at radius 2 is 1.94 bits per heavy atom. The highest BCUT2D eigenvalue weighted by Gasteiger charge is 2.35. The molecule has 0 saturated carbocycles. The van der Waals surface area contributed by atoms with E-state index in [0.717, 1.165) is 55.8 Å². The Labute approximate surface area is 194 Å². The molecular formula is C27H33F2N3O. The minimum absolute atomic E-state index is 0.0377. The SMILES string of the molecule is CCCN1CC(Oc2ccc([C@@H]3c4[nH]c5ccccc5c4CCN3CC(C)(C)F)cc2F)C1. The van der Waals surface area contributed by atoms with Crippen molar-refractivity contribution in [1.29, 1.82) is 0 Å². The van der Waals surface area contributed by atoms with E-state index in [-0.39, 0.29) is 24.5 Å². The van der Waals surface area contributed by atoms with E-state index in [1.807, 2.05) is 18.2 Å². The number of para-hydroxylation sites is 1. The van der Waals surface area contributed by atoms with Crippen LogP contribution >= 0.6 is 0 Å². The second kappa shape index (κ2) is 8.73. The van der Waals surface area contributed by atoms with E-state index in [0.29, 0.717) is 5.75 Å². The summed E-state index contributed by atoms with van der Waals surface area (Å²) < 4.78 is 35.8. The first-order valence-corrected chi connectivity index (χ1v) is 12.0. The van der Waals surface area contributed by atoms with Crippen molar-refractivity contribution in [3.05, 3.63) is 65.1 Å². The maximum absolute atomic E-state index is 15.2. The first-order valence-electron chi connectivity index (χ1n) is 12.0. The Morgan fingerprint density at radius 1 is 1.15 bits per heavy atom. The predicted molar refractivity (Wildman–Crippen MR) is 128 cm³/mol. The molecule has 33 heavy (non-hydrogen) atoms. The van der Waals surface area contributed by atoms with Crippen molar-refractivity contribution >= 4 is 10.9 Å². The molecule has 0 aliphatic carbocycles. The lowest BCUT2D eigenvalue weighted by Crippen LogP contribution is -2.53. The van der Waals surface area contributed by atoms with Gasteiger partial charge in [0.1, 0.15) is 11.8 Å².